The molecule has 1 heterocycles. The first-order chi connectivity index (χ1) is 19.2. The van der Waals surface area contributed by atoms with Crippen LogP contribution >= 0.6 is 0 Å². The lowest BCUT2D eigenvalue weighted by atomic mass is 10.1. The van der Waals surface area contributed by atoms with E-state index in [9.17, 15) is 14.4 Å². The minimum absolute atomic E-state index is 0.0611. The summed E-state index contributed by atoms with van der Waals surface area (Å²) in [5, 5.41) is 8.18. The van der Waals surface area contributed by atoms with Gasteiger partial charge in [-0.3, -0.25) is 4.79 Å². The van der Waals surface area contributed by atoms with Crippen molar-refractivity contribution < 1.29 is 33.0 Å². The predicted molar refractivity (Wildman–Crippen MR) is 149 cm³/mol. The number of carbonyl (C=O) groups is 3. The number of urea groups is 1. The quantitative estimate of drug-likeness (QED) is 0.236. The molecule has 0 aliphatic carbocycles. The molecule has 3 rings (SSSR count). The monoisotopic (exact) mass is 553 g/mol. The Bertz CT molecular complexity index is 1280. The Kier molecular flexibility index (Phi) is 10.9. The third-order valence-electron chi connectivity index (χ3n) is 5.91. The van der Waals surface area contributed by atoms with E-state index in [2.05, 4.69) is 20.9 Å². The van der Waals surface area contributed by atoms with E-state index in [0.717, 1.165) is 5.56 Å². The average molecular weight is 554 g/mol. The van der Waals surface area contributed by atoms with Gasteiger partial charge in [-0.05, 0) is 42.2 Å². The fourth-order valence-electron chi connectivity index (χ4n) is 3.52. The van der Waals surface area contributed by atoms with Gasteiger partial charge in [0, 0.05) is 24.0 Å². The van der Waals surface area contributed by atoms with E-state index < -0.39 is 30.2 Å². The first-order valence-corrected chi connectivity index (χ1v) is 12.8. The van der Waals surface area contributed by atoms with Gasteiger partial charge in [0.25, 0.3) is 0 Å². The minimum Gasteiger partial charge on any atom is -0.496 e. The lowest BCUT2D eigenvalue weighted by molar-refractivity contribution is -0.149. The number of nitrogens with zero attached hydrogens (tertiary/aromatic N) is 1. The molecule has 0 saturated heterocycles. The van der Waals surface area contributed by atoms with Crippen molar-refractivity contribution in [2.24, 2.45) is 11.7 Å². The molecule has 40 heavy (non-hydrogen) atoms. The summed E-state index contributed by atoms with van der Waals surface area (Å²) in [6.45, 7) is 5.54. The van der Waals surface area contributed by atoms with Crippen LogP contribution in [0.25, 0.3) is 11.3 Å². The van der Waals surface area contributed by atoms with Crippen LogP contribution in [0.1, 0.15) is 32.8 Å². The molecule has 0 aliphatic heterocycles. The smallest absolute Gasteiger partial charge is 0.407 e. The highest BCUT2D eigenvalue weighted by atomic mass is 16.6. The van der Waals surface area contributed by atoms with Crippen molar-refractivity contribution in [2.75, 3.05) is 24.4 Å². The molecule has 5 N–H and O–H groups in total. The Labute approximate surface area is 232 Å². The Morgan fingerprint density at radius 3 is 2.48 bits per heavy atom. The van der Waals surface area contributed by atoms with Gasteiger partial charge in [0.15, 0.2) is 12.2 Å². The Morgan fingerprint density at radius 2 is 1.82 bits per heavy atom. The number of oxazole rings is 1. The summed E-state index contributed by atoms with van der Waals surface area (Å²) in [6, 6.07) is 10.9. The van der Waals surface area contributed by atoms with Crippen LogP contribution in [-0.4, -0.2) is 48.9 Å². The normalized spacial score (nSPS) is 12.2. The van der Waals surface area contributed by atoms with Gasteiger partial charge in [-0.25, -0.2) is 14.6 Å². The third-order valence-corrected chi connectivity index (χ3v) is 5.91. The highest BCUT2D eigenvalue weighted by Gasteiger charge is 2.21. The van der Waals surface area contributed by atoms with Gasteiger partial charge in [0.1, 0.15) is 24.5 Å². The highest BCUT2D eigenvalue weighted by molar-refractivity contribution is 6.00. The molecule has 0 aliphatic rings. The fourth-order valence-corrected chi connectivity index (χ4v) is 3.52. The number of ether oxygens (including phenoxy) is 3. The molecule has 2 atom stereocenters. The molecule has 2 aromatic carbocycles. The van der Waals surface area contributed by atoms with E-state index in [4.69, 9.17) is 24.4 Å². The van der Waals surface area contributed by atoms with Crippen molar-refractivity contribution in [1.82, 2.24) is 10.3 Å². The number of rotatable bonds is 12. The van der Waals surface area contributed by atoms with Crippen molar-refractivity contribution in [3.8, 4) is 17.1 Å². The molecule has 1 aromatic heterocycles. The van der Waals surface area contributed by atoms with Crippen LogP contribution in [-0.2, 0) is 20.8 Å². The molecule has 214 valence electrons. The maximum atomic E-state index is 12.6. The summed E-state index contributed by atoms with van der Waals surface area (Å²) in [4.78, 5) is 40.7. The number of esters is 1. The summed E-state index contributed by atoms with van der Waals surface area (Å²) in [7, 11) is 1.52. The maximum Gasteiger partial charge on any atom is 0.407 e. The molecule has 3 aromatic rings. The number of nitrogens with two attached hydrogens (primary N) is 1. The second kappa shape index (κ2) is 14.5. The van der Waals surface area contributed by atoms with Crippen LogP contribution in [0.2, 0.25) is 0 Å². The van der Waals surface area contributed by atoms with E-state index in [1.807, 2.05) is 20.8 Å². The van der Waals surface area contributed by atoms with Crippen LogP contribution in [0.5, 0.6) is 5.75 Å². The lowest BCUT2D eigenvalue weighted by Gasteiger charge is -2.19. The zero-order chi connectivity index (χ0) is 29.1. The summed E-state index contributed by atoms with van der Waals surface area (Å²) in [6.07, 6.45) is 2.09. The number of anilines is 2. The van der Waals surface area contributed by atoms with Crippen molar-refractivity contribution in [3.63, 3.8) is 0 Å². The van der Waals surface area contributed by atoms with Gasteiger partial charge in [-0.2, -0.15) is 0 Å². The van der Waals surface area contributed by atoms with Gasteiger partial charge < -0.3 is 40.3 Å². The number of aromatic nitrogens is 1. The number of carbonyl (C=O) groups excluding carboxylic acids is 3. The fraction of sp³-hybridized carbons (Fsp3) is 0.357. The molecular formula is C28H35N5O7. The van der Waals surface area contributed by atoms with Crippen LogP contribution in [0.4, 0.5) is 21.0 Å². The second-order valence-electron chi connectivity index (χ2n) is 9.25. The zero-order valence-electron chi connectivity index (χ0n) is 22.9. The number of benzene rings is 2. The molecule has 0 spiro atoms. The summed E-state index contributed by atoms with van der Waals surface area (Å²) in [5.74, 6) is 0.460. The largest absolute Gasteiger partial charge is 0.496 e. The summed E-state index contributed by atoms with van der Waals surface area (Å²) < 4.78 is 21.3. The van der Waals surface area contributed by atoms with E-state index in [0.29, 0.717) is 34.9 Å². The number of amides is 3. The first-order valence-electron chi connectivity index (χ1n) is 12.8. The Balaban J connectivity index is 1.49. The Hall–Kier alpha value is -4.58. The molecule has 0 radical (unpaired) electrons. The van der Waals surface area contributed by atoms with Crippen LogP contribution < -0.4 is 26.4 Å². The van der Waals surface area contributed by atoms with E-state index >= 15 is 0 Å². The number of nitrogens with one attached hydrogen (secondary N) is 3. The zero-order valence-corrected chi connectivity index (χ0v) is 22.9. The van der Waals surface area contributed by atoms with E-state index in [1.165, 1.54) is 13.5 Å². The van der Waals surface area contributed by atoms with Crippen molar-refractivity contribution in [1.29, 1.82) is 0 Å². The van der Waals surface area contributed by atoms with Gasteiger partial charge in [0.2, 0.25) is 0 Å². The number of methoxy groups -OCH3 is 1. The van der Waals surface area contributed by atoms with Crippen LogP contribution in [0, 0.1) is 5.92 Å². The van der Waals surface area contributed by atoms with Gasteiger partial charge in [-0.15, -0.1) is 0 Å². The lowest BCUT2D eigenvalue weighted by Crippen LogP contribution is -2.39. The number of alkyl carbamates (subject to hydrolysis) is 1. The highest BCUT2D eigenvalue weighted by Crippen LogP contribution is 2.32. The summed E-state index contributed by atoms with van der Waals surface area (Å²) >= 11 is 0. The molecule has 0 bridgehead atoms. The summed E-state index contributed by atoms with van der Waals surface area (Å²) in [5.41, 5.74) is 8.25. The Morgan fingerprint density at radius 1 is 1.07 bits per heavy atom. The molecular weight excluding hydrogens is 518 g/mol. The van der Waals surface area contributed by atoms with Crippen LogP contribution in [0.3, 0.4) is 0 Å². The average Bonchev–Trinajstić information content (AvgIpc) is 3.48. The molecule has 0 fully saturated rings. The van der Waals surface area contributed by atoms with Crippen molar-refractivity contribution in [2.45, 2.75) is 45.9 Å². The van der Waals surface area contributed by atoms with Crippen molar-refractivity contribution >= 4 is 29.5 Å². The predicted octanol–water partition coefficient (Wildman–Crippen LogP) is 4.53. The number of hydrogen-bond donors (Lipinski definition) is 4. The molecule has 12 nitrogen and oxygen atoms in total. The minimum atomic E-state index is -0.734. The first kappa shape index (κ1) is 30.0. The topological polar surface area (TPSA) is 167 Å². The van der Waals surface area contributed by atoms with E-state index in [1.54, 1.807) is 48.7 Å². The molecule has 0 unspecified atom stereocenters. The third kappa shape index (κ3) is 8.73. The van der Waals surface area contributed by atoms with Gasteiger partial charge >= 0.3 is 18.1 Å². The standard InChI is InChI=1S/C28H35N5O7/c1-5-21(15-38-26(34)25(29)17(2)3)40-28(36)31-13-18-7-6-8-19(11-18)32-27(35)33-20-9-10-22(23(12-20)37-4)24-14-30-16-39-24/h6-12,14,16-17,21,25H,5,13,15,29H2,1-4H3,(H,31,36)(H2,32,33,35)/t21-,25-/m1/s1. The van der Waals surface area contributed by atoms with Crippen LogP contribution in [0.15, 0.2) is 59.5 Å². The molecule has 12 heteroatoms. The second-order valence-corrected chi connectivity index (χ2v) is 9.25. The van der Waals surface area contributed by atoms with Gasteiger partial charge in [0.05, 0.1) is 18.9 Å². The van der Waals surface area contributed by atoms with Gasteiger partial charge in [-0.1, -0.05) is 32.9 Å². The number of hydrogen-bond acceptors (Lipinski definition) is 9. The SMILES string of the molecule is CC[C@H](COC(=O)[C@H](N)C(C)C)OC(=O)NCc1cccc(NC(=O)Nc2ccc(-c3cnco3)c(OC)c2)c1. The van der Waals surface area contributed by atoms with E-state index in [-0.39, 0.29) is 19.1 Å². The molecule has 0 saturated carbocycles. The molecule has 3 amide bonds. The maximum absolute atomic E-state index is 12.6. The van der Waals surface area contributed by atoms with Crippen molar-refractivity contribution in [3.05, 3.63) is 60.6 Å².